The third kappa shape index (κ3) is 3.01. The van der Waals surface area contributed by atoms with E-state index < -0.39 is 0 Å². The zero-order valence-corrected chi connectivity index (χ0v) is 11.9. The van der Waals surface area contributed by atoms with Crippen molar-refractivity contribution < 1.29 is 14.4 Å². The maximum Gasteiger partial charge on any atom is 0.233 e. The number of fused-ring (bicyclic) bond motifs is 1. The fraction of sp³-hybridized carbons (Fsp3) is 0.308. The molecular weight excluding hydrogens is 312 g/mol. The lowest BCUT2D eigenvalue weighted by atomic mass is 10.1. The van der Waals surface area contributed by atoms with Crippen molar-refractivity contribution in [3.8, 4) is 0 Å². The number of amides is 2. The van der Waals surface area contributed by atoms with Crippen LogP contribution in [0, 0.1) is 0 Å². The van der Waals surface area contributed by atoms with Gasteiger partial charge in [0.1, 0.15) is 6.42 Å². The first-order valence-corrected chi connectivity index (χ1v) is 6.85. The Hall–Kier alpha value is -1.69. The Morgan fingerprint density at radius 3 is 2.53 bits per heavy atom. The number of carbonyl (C=O) groups excluding carboxylic acids is 3. The minimum Gasteiger partial charge on any atom is -0.324 e. The van der Waals surface area contributed by atoms with Gasteiger partial charge in [-0.05, 0) is 24.6 Å². The normalized spacial score (nSPS) is 15.9. The van der Waals surface area contributed by atoms with Crippen LogP contribution in [0.5, 0.6) is 0 Å². The van der Waals surface area contributed by atoms with E-state index in [1.54, 1.807) is 18.2 Å². The minimum absolute atomic E-state index is 0.0462. The van der Waals surface area contributed by atoms with Gasteiger partial charge in [-0.1, -0.05) is 22.9 Å². The summed E-state index contributed by atoms with van der Waals surface area (Å²) in [5, 5.41) is 5.23. The lowest BCUT2D eigenvalue weighted by Gasteiger charge is -2.10. The molecule has 1 aliphatic heterocycles. The highest BCUT2D eigenvalue weighted by atomic mass is 79.9. The second-order valence-electron chi connectivity index (χ2n) is 4.27. The third-order valence-electron chi connectivity index (χ3n) is 2.82. The predicted octanol–water partition coefficient (Wildman–Crippen LogP) is 2.32. The van der Waals surface area contributed by atoms with E-state index in [1.165, 1.54) is 0 Å². The van der Waals surface area contributed by atoms with Crippen LogP contribution in [-0.2, 0) is 9.59 Å². The molecule has 1 unspecified atom stereocenters. The van der Waals surface area contributed by atoms with E-state index in [-0.39, 0.29) is 28.8 Å². The molecule has 5 nitrogen and oxygen atoms in total. The van der Waals surface area contributed by atoms with Crippen molar-refractivity contribution >= 4 is 44.9 Å². The summed E-state index contributed by atoms with van der Waals surface area (Å²) in [5.41, 5.74) is 1.46. The van der Waals surface area contributed by atoms with Gasteiger partial charge < -0.3 is 10.6 Å². The second kappa shape index (κ2) is 5.52. The number of carbonyl (C=O) groups is 3. The van der Waals surface area contributed by atoms with E-state index in [0.717, 1.165) is 0 Å². The van der Waals surface area contributed by atoms with Gasteiger partial charge in [0.15, 0.2) is 5.78 Å². The number of hydrogen-bond acceptors (Lipinski definition) is 3. The Labute approximate surface area is 118 Å². The Balaban J connectivity index is 2.35. The average molecular weight is 325 g/mol. The summed E-state index contributed by atoms with van der Waals surface area (Å²) in [5.74, 6) is -0.788. The van der Waals surface area contributed by atoms with Crippen molar-refractivity contribution in [2.24, 2.45) is 0 Å². The van der Waals surface area contributed by atoms with E-state index in [9.17, 15) is 14.4 Å². The van der Waals surface area contributed by atoms with Gasteiger partial charge in [0.2, 0.25) is 11.8 Å². The Morgan fingerprint density at radius 1 is 1.26 bits per heavy atom. The third-order valence-corrected chi connectivity index (χ3v) is 3.88. The molecule has 0 saturated carbocycles. The molecular formula is C13H13BrN2O3. The van der Waals surface area contributed by atoms with Crippen molar-refractivity contribution in [3.05, 3.63) is 23.8 Å². The summed E-state index contributed by atoms with van der Waals surface area (Å²) in [7, 11) is 0. The molecule has 1 heterocycles. The maximum atomic E-state index is 12.0. The van der Waals surface area contributed by atoms with Crippen LogP contribution >= 0.6 is 15.9 Å². The molecule has 1 aliphatic rings. The standard InChI is InChI=1S/C13H13BrN2O3/c1-2-8(14)13(19)7-3-4-9-10(5-7)16-12(18)6-11(17)15-9/h3-5,8H,2,6H2,1H3,(H,15,17)(H,16,18). The van der Waals surface area contributed by atoms with Gasteiger partial charge >= 0.3 is 0 Å². The van der Waals surface area contributed by atoms with Gasteiger partial charge in [-0.3, -0.25) is 14.4 Å². The highest BCUT2D eigenvalue weighted by molar-refractivity contribution is 9.10. The van der Waals surface area contributed by atoms with Gasteiger partial charge in [0.25, 0.3) is 0 Å². The van der Waals surface area contributed by atoms with Crippen LogP contribution in [-0.4, -0.2) is 22.4 Å². The molecule has 1 atom stereocenters. The van der Waals surface area contributed by atoms with Crippen LogP contribution in [0.4, 0.5) is 11.4 Å². The van der Waals surface area contributed by atoms with Crippen LogP contribution in [0.2, 0.25) is 0 Å². The molecule has 0 radical (unpaired) electrons. The number of nitrogens with one attached hydrogen (secondary N) is 2. The van der Waals surface area contributed by atoms with Crippen molar-refractivity contribution in [3.63, 3.8) is 0 Å². The van der Waals surface area contributed by atoms with Gasteiger partial charge in [0.05, 0.1) is 16.2 Å². The first-order valence-electron chi connectivity index (χ1n) is 5.93. The van der Waals surface area contributed by atoms with Crippen molar-refractivity contribution in [2.45, 2.75) is 24.6 Å². The predicted molar refractivity (Wildman–Crippen MR) is 75.7 cm³/mol. The minimum atomic E-state index is -0.383. The van der Waals surface area contributed by atoms with E-state index in [4.69, 9.17) is 0 Å². The van der Waals surface area contributed by atoms with Gasteiger partial charge in [-0.2, -0.15) is 0 Å². The number of ketones is 1. The van der Waals surface area contributed by atoms with Crippen LogP contribution in [0.1, 0.15) is 30.1 Å². The average Bonchev–Trinajstić information content (AvgIpc) is 2.52. The fourth-order valence-electron chi connectivity index (χ4n) is 1.81. The fourth-order valence-corrected chi connectivity index (χ4v) is 2.08. The zero-order chi connectivity index (χ0) is 14.0. The van der Waals surface area contributed by atoms with Crippen molar-refractivity contribution in [2.75, 3.05) is 10.6 Å². The van der Waals surface area contributed by atoms with Gasteiger partial charge in [-0.25, -0.2) is 0 Å². The first kappa shape index (κ1) is 13.7. The van der Waals surface area contributed by atoms with Crippen LogP contribution in [0.15, 0.2) is 18.2 Å². The summed E-state index contributed by atoms with van der Waals surface area (Å²) in [6.45, 7) is 1.91. The van der Waals surface area contributed by atoms with Crippen LogP contribution < -0.4 is 10.6 Å². The maximum absolute atomic E-state index is 12.0. The summed E-state index contributed by atoms with van der Waals surface area (Å²) in [6.07, 6.45) is 0.465. The summed E-state index contributed by atoms with van der Waals surface area (Å²) >= 11 is 3.31. The second-order valence-corrected chi connectivity index (χ2v) is 5.38. The Morgan fingerprint density at radius 2 is 1.89 bits per heavy atom. The zero-order valence-electron chi connectivity index (χ0n) is 10.3. The quantitative estimate of drug-likeness (QED) is 0.509. The number of hydrogen-bond donors (Lipinski definition) is 2. The molecule has 0 aromatic heterocycles. The SMILES string of the molecule is CCC(Br)C(=O)c1ccc2c(c1)NC(=O)CC(=O)N2. The molecule has 19 heavy (non-hydrogen) atoms. The van der Waals surface area contributed by atoms with E-state index in [1.807, 2.05) is 6.92 Å². The molecule has 100 valence electrons. The topological polar surface area (TPSA) is 75.3 Å². The number of halogens is 1. The monoisotopic (exact) mass is 324 g/mol. The van der Waals surface area contributed by atoms with Gasteiger partial charge in [0, 0.05) is 5.56 Å². The first-order chi connectivity index (χ1) is 9.01. The Bertz CT molecular complexity index is 557. The smallest absolute Gasteiger partial charge is 0.233 e. The molecule has 0 aliphatic carbocycles. The highest BCUT2D eigenvalue weighted by Crippen LogP contribution is 2.27. The van der Waals surface area contributed by atoms with Crippen LogP contribution in [0.3, 0.4) is 0 Å². The summed E-state index contributed by atoms with van der Waals surface area (Å²) < 4.78 is 0. The number of anilines is 2. The largest absolute Gasteiger partial charge is 0.324 e. The van der Waals surface area contributed by atoms with Crippen molar-refractivity contribution in [1.29, 1.82) is 0 Å². The molecule has 0 saturated heterocycles. The molecule has 2 N–H and O–H groups in total. The number of rotatable bonds is 3. The molecule has 0 fully saturated rings. The molecule has 2 rings (SSSR count). The van der Waals surface area contributed by atoms with E-state index in [0.29, 0.717) is 23.4 Å². The van der Waals surface area contributed by atoms with Gasteiger partial charge in [-0.15, -0.1) is 0 Å². The molecule has 1 aromatic rings. The molecule has 0 bridgehead atoms. The molecule has 0 spiro atoms. The van der Waals surface area contributed by atoms with E-state index >= 15 is 0 Å². The lowest BCUT2D eigenvalue weighted by Crippen LogP contribution is -2.16. The summed E-state index contributed by atoms with van der Waals surface area (Å²) in [6, 6.07) is 4.86. The van der Waals surface area contributed by atoms with E-state index in [2.05, 4.69) is 26.6 Å². The lowest BCUT2D eigenvalue weighted by molar-refractivity contribution is -0.123. The van der Waals surface area contributed by atoms with Crippen molar-refractivity contribution in [1.82, 2.24) is 0 Å². The molecule has 2 amide bonds. The molecule has 1 aromatic carbocycles. The summed E-state index contributed by atoms with van der Waals surface area (Å²) in [4.78, 5) is 34.6. The number of benzene rings is 1. The number of Topliss-reactive ketones (excluding diaryl/α,β-unsaturated/α-hetero) is 1. The number of alkyl halides is 1. The highest BCUT2D eigenvalue weighted by Gasteiger charge is 2.21. The Kier molecular flexibility index (Phi) is 3.99. The van der Waals surface area contributed by atoms with Crippen LogP contribution in [0.25, 0.3) is 0 Å². The molecule has 6 heteroatoms.